The molecule has 2 aromatic heterocycles. The first-order valence-electron chi connectivity index (χ1n) is 7.76. The molecule has 0 unspecified atom stereocenters. The Hall–Kier alpha value is -1.69. The van der Waals surface area contributed by atoms with Crippen LogP contribution in [0.1, 0.15) is 26.7 Å². The molecule has 21 heavy (non-hydrogen) atoms. The third-order valence-corrected chi connectivity index (χ3v) is 4.24. The predicted molar refractivity (Wildman–Crippen MR) is 84.4 cm³/mol. The van der Waals surface area contributed by atoms with Gasteiger partial charge >= 0.3 is 0 Å². The Bertz CT molecular complexity index is 597. The second kappa shape index (κ2) is 5.97. The highest BCUT2D eigenvalue weighted by molar-refractivity contribution is 5.86. The van der Waals surface area contributed by atoms with Crippen LogP contribution in [-0.4, -0.2) is 45.4 Å². The van der Waals surface area contributed by atoms with Gasteiger partial charge in [-0.25, -0.2) is 9.97 Å². The third-order valence-electron chi connectivity index (χ3n) is 4.24. The summed E-state index contributed by atoms with van der Waals surface area (Å²) in [5, 5.41) is 8.89. The average Bonchev–Trinajstić information content (AvgIpc) is 2.87. The molecule has 0 radical (unpaired) electrons. The van der Waals surface area contributed by atoms with Gasteiger partial charge in [0.25, 0.3) is 0 Å². The van der Waals surface area contributed by atoms with E-state index in [1.54, 1.807) is 11.0 Å². The lowest BCUT2D eigenvalue weighted by atomic mass is 9.96. The number of aromatic nitrogens is 4. The summed E-state index contributed by atoms with van der Waals surface area (Å²) in [4.78, 5) is 11.2. The fraction of sp³-hybridized carbons (Fsp3) is 0.667. The van der Waals surface area contributed by atoms with Gasteiger partial charge < -0.3 is 10.2 Å². The van der Waals surface area contributed by atoms with E-state index in [0.29, 0.717) is 6.04 Å². The average molecular weight is 288 g/mol. The second-order valence-corrected chi connectivity index (χ2v) is 6.20. The van der Waals surface area contributed by atoms with E-state index in [-0.39, 0.29) is 0 Å². The van der Waals surface area contributed by atoms with Crippen LogP contribution in [0.25, 0.3) is 11.0 Å². The number of hydrogen-bond acceptors (Lipinski definition) is 5. The number of nitrogens with zero attached hydrogens (tertiary/aromatic N) is 5. The maximum atomic E-state index is 4.49. The topological polar surface area (TPSA) is 58.9 Å². The molecule has 1 aliphatic rings. The molecule has 0 atom stereocenters. The van der Waals surface area contributed by atoms with Crippen LogP contribution >= 0.6 is 0 Å². The van der Waals surface area contributed by atoms with Crippen molar-refractivity contribution in [1.82, 2.24) is 25.1 Å². The number of rotatable bonds is 4. The van der Waals surface area contributed by atoms with Crippen LogP contribution < -0.4 is 10.2 Å². The smallest absolute Gasteiger partial charge is 0.163 e. The molecule has 6 heteroatoms. The van der Waals surface area contributed by atoms with Crippen molar-refractivity contribution >= 4 is 16.9 Å². The molecule has 0 saturated carbocycles. The zero-order chi connectivity index (χ0) is 14.8. The quantitative estimate of drug-likeness (QED) is 0.925. The van der Waals surface area contributed by atoms with E-state index in [4.69, 9.17) is 0 Å². The van der Waals surface area contributed by atoms with Gasteiger partial charge in [-0.05, 0) is 25.3 Å². The molecule has 1 aliphatic heterocycles. The normalized spacial score (nSPS) is 17.0. The Kier molecular flexibility index (Phi) is 4.05. The van der Waals surface area contributed by atoms with Crippen molar-refractivity contribution in [2.75, 3.05) is 24.5 Å². The van der Waals surface area contributed by atoms with Crippen molar-refractivity contribution < 1.29 is 0 Å². The molecule has 2 aromatic rings. The molecule has 114 valence electrons. The molecular formula is C15H24N6. The maximum Gasteiger partial charge on any atom is 0.163 e. The van der Waals surface area contributed by atoms with Gasteiger partial charge in [-0.1, -0.05) is 13.8 Å². The highest BCUT2D eigenvalue weighted by atomic mass is 15.3. The van der Waals surface area contributed by atoms with Crippen molar-refractivity contribution in [3.63, 3.8) is 0 Å². The summed E-state index contributed by atoms with van der Waals surface area (Å²) in [7, 11) is 1.92. The summed E-state index contributed by atoms with van der Waals surface area (Å²) in [6.07, 6.45) is 5.94. The first-order chi connectivity index (χ1) is 10.1. The third kappa shape index (κ3) is 3.00. The molecule has 3 heterocycles. The number of piperidine rings is 1. The highest BCUT2D eigenvalue weighted by Gasteiger charge is 2.22. The molecule has 0 spiro atoms. The molecule has 0 aliphatic carbocycles. The monoisotopic (exact) mass is 288 g/mol. The minimum Gasteiger partial charge on any atom is -0.356 e. The second-order valence-electron chi connectivity index (χ2n) is 6.20. The van der Waals surface area contributed by atoms with Crippen LogP contribution in [0.2, 0.25) is 0 Å². The van der Waals surface area contributed by atoms with Gasteiger partial charge in [0.2, 0.25) is 0 Å². The number of anilines is 1. The number of nitrogens with one attached hydrogen (secondary N) is 1. The summed E-state index contributed by atoms with van der Waals surface area (Å²) >= 11 is 0. The minimum atomic E-state index is 0.569. The maximum absolute atomic E-state index is 4.49. The van der Waals surface area contributed by atoms with Crippen molar-refractivity contribution in [2.24, 2.45) is 13.0 Å². The fourth-order valence-corrected chi connectivity index (χ4v) is 2.95. The molecule has 0 amide bonds. The van der Waals surface area contributed by atoms with E-state index in [1.807, 2.05) is 13.2 Å². The van der Waals surface area contributed by atoms with E-state index in [0.717, 1.165) is 42.4 Å². The largest absolute Gasteiger partial charge is 0.356 e. The van der Waals surface area contributed by atoms with Crippen LogP contribution in [0.5, 0.6) is 0 Å². The van der Waals surface area contributed by atoms with E-state index in [9.17, 15) is 0 Å². The van der Waals surface area contributed by atoms with Crippen molar-refractivity contribution in [2.45, 2.75) is 32.7 Å². The van der Waals surface area contributed by atoms with Gasteiger partial charge in [-0.15, -0.1) is 0 Å². The van der Waals surface area contributed by atoms with E-state index >= 15 is 0 Å². The van der Waals surface area contributed by atoms with Gasteiger partial charge in [-0.3, -0.25) is 4.68 Å². The van der Waals surface area contributed by atoms with Gasteiger partial charge in [0.1, 0.15) is 12.1 Å². The van der Waals surface area contributed by atoms with Gasteiger partial charge in [-0.2, -0.15) is 5.10 Å². The summed E-state index contributed by atoms with van der Waals surface area (Å²) in [5.74, 6) is 1.80. The van der Waals surface area contributed by atoms with Crippen LogP contribution in [0.15, 0.2) is 12.5 Å². The highest BCUT2D eigenvalue weighted by Crippen LogP contribution is 2.26. The molecule has 0 bridgehead atoms. The zero-order valence-electron chi connectivity index (χ0n) is 13.1. The SMILES string of the molecule is CC(C)NCC1CCN(c2ncnc3c2cnn3C)CC1. The predicted octanol–water partition coefficient (Wildman–Crippen LogP) is 1.58. The molecule has 3 rings (SSSR count). The van der Waals surface area contributed by atoms with Gasteiger partial charge in [0.05, 0.1) is 11.6 Å². The number of aryl methyl sites for hydroxylation is 1. The van der Waals surface area contributed by atoms with Crippen molar-refractivity contribution in [3.8, 4) is 0 Å². The Balaban J connectivity index is 1.68. The molecular weight excluding hydrogens is 264 g/mol. The number of fused-ring (bicyclic) bond motifs is 1. The summed E-state index contributed by atoms with van der Waals surface area (Å²) < 4.78 is 1.81. The van der Waals surface area contributed by atoms with E-state index < -0.39 is 0 Å². The van der Waals surface area contributed by atoms with Crippen LogP contribution in [-0.2, 0) is 7.05 Å². The van der Waals surface area contributed by atoms with Crippen molar-refractivity contribution in [3.05, 3.63) is 12.5 Å². The first-order valence-corrected chi connectivity index (χ1v) is 7.76. The lowest BCUT2D eigenvalue weighted by molar-refractivity contribution is 0.370. The summed E-state index contributed by atoms with van der Waals surface area (Å²) in [6.45, 7) is 7.65. The molecule has 1 saturated heterocycles. The Morgan fingerprint density at radius 2 is 2.05 bits per heavy atom. The van der Waals surface area contributed by atoms with Crippen LogP contribution in [0, 0.1) is 5.92 Å². The van der Waals surface area contributed by atoms with E-state index in [2.05, 4.69) is 39.1 Å². The van der Waals surface area contributed by atoms with Crippen LogP contribution in [0.4, 0.5) is 5.82 Å². The van der Waals surface area contributed by atoms with Crippen LogP contribution in [0.3, 0.4) is 0 Å². The fourth-order valence-electron chi connectivity index (χ4n) is 2.95. The minimum absolute atomic E-state index is 0.569. The van der Waals surface area contributed by atoms with Gasteiger partial charge in [0.15, 0.2) is 5.65 Å². The van der Waals surface area contributed by atoms with Gasteiger partial charge in [0, 0.05) is 26.2 Å². The molecule has 6 nitrogen and oxygen atoms in total. The Morgan fingerprint density at radius 3 is 2.76 bits per heavy atom. The molecule has 1 N–H and O–H groups in total. The Morgan fingerprint density at radius 1 is 1.29 bits per heavy atom. The Labute approximate surface area is 125 Å². The summed E-state index contributed by atoms with van der Waals surface area (Å²) in [6, 6.07) is 0.569. The molecule has 0 aromatic carbocycles. The zero-order valence-corrected chi connectivity index (χ0v) is 13.1. The first kappa shape index (κ1) is 14.3. The lowest BCUT2D eigenvalue weighted by Gasteiger charge is -2.33. The summed E-state index contributed by atoms with van der Waals surface area (Å²) in [5.41, 5.74) is 0.906. The van der Waals surface area contributed by atoms with E-state index in [1.165, 1.54) is 12.8 Å². The number of hydrogen-bond donors (Lipinski definition) is 1. The standard InChI is InChI=1S/C15H24N6/c1-11(2)16-8-12-4-6-21(7-5-12)15-13-9-19-20(3)14(13)17-10-18-15/h9-12,16H,4-8H2,1-3H3. The molecule has 1 fully saturated rings. The lowest BCUT2D eigenvalue weighted by Crippen LogP contribution is -2.39. The van der Waals surface area contributed by atoms with Crippen molar-refractivity contribution in [1.29, 1.82) is 0 Å².